The molecule has 112 valence electrons. The van der Waals surface area contributed by atoms with Gasteiger partial charge < -0.3 is 15.0 Å². The molecule has 0 aliphatic carbocycles. The van der Waals surface area contributed by atoms with Crippen molar-refractivity contribution in [2.45, 2.75) is 19.4 Å². The second kappa shape index (κ2) is 7.96. The van der Waals surface area contributed by atoms with E-state index >= 15 is 0 Å². The minimum atomic E-state index is 0.0938. The first-order chi connectivity index (χ1) is 9.79. The Labute approximate surface area is 119 Å². The fraction of sp³-hybridized carbons (Fsp3) is 0.769. The van der Waals surface area contributed by atoms with Gasteiger partial charge in [0.25, 0.3) is 0 Å². The molecule has 1 saturated heterocycles. The molecule has 7 heteroatoms. The van der Waals surface area contributed by atoms with Gasteiger partial charge in [0.05, 0.1) is 25.3 Å². The summed E-state index contributed by atoms with van der Waals surface area (Å²) >= 11 is 0. The Morgan fingerprint density at radius 2 is 2.40 bits per heavy atom. The molecule has 7 nitrogen and oxygen atoms in total. The summed E-state index contributed by atoms with van der Waals surface area (Å²) in [4.78, 5) is 14.4. The number of aromatic nitrogens is 3. The molecule has 1 aromatic rings. The highest BCUT2D eigenvalue weighted by Crippen LogP contribution is 2.16. The van der Waals surface area contributed by atoms with Crippen molar-refractivity contribution in [3.05, 3.63) is 12.4 Å². The van der Waals surface area contributed by atoms with Gasteiger partial charge in [0.2, 0.25) is 5.91 Å². The van der Waals surface area contributed by atoms with Crippen LogP contribution < -0.4 is 5.32 Å². The topological polar surface area (TPSA) is 72.3 Å². The summed E-state index contributed by atoms with van der Waals surface area (Å²) in [7, 11) is 1.71. The van der Waals surface area contributed by atoms with Crippen molar-refractivity contribution in [1.82, 2.24) is 25.2 Å². The molecule has 0 saturated carbocycles. The molecule has 1 aromatic heterocycles. The lowest BCUT2D eigenvalue weighted by atomic mass is 9.97. The lowest BCUT2D eigenvalue weighted by Gasteiger charge is -2.31. The number of methoxy groups -OCH3 is 1. The van der Waals surface area contributed by atoms with Crippen molar-refractivity contribution in [1.29, 1.82) is 0 Å². The summed E-state index contributed by atoms with van der Waals surface area (Å²) in [5, 5.41) is 10.6. The highest BCUT2D eigenvalue weighted by molar-refractivity contribution is 5.78. The molecule has 1 N–H and O–H groups in total. The summed E-state index contributed by atoms with van der Waals surface area (Å²) in [6, 6.07) is 0. The van der Waals surface area contributed by atoms with E-state index in [-0.39, 0.29) is 11.8 Å². The number of rotatable bonds is 7. The van der Waals surface area contributed by atoms with Gasteiger partial charge in [-0.15, -0.1) is 5.10 Å². The van der Waals surface area contributed by atoms with E-state index in [0.29, 0.717) is 13.1 Å². The number of likely N-dealkylation sites (tertiary alicyclic amines) is 1. The van der Waals surface area contributed by atoms with E-state index in [1.165, 1.54) is 0 Å². The Morgan fingerprint density at radius 1 is 1.50 bits per heavy atom. The van der Waals surface area contributed by atoms with E-state index in [0.717, 1.165) is 39.1 Å². The molecule has 1 unspecified atom stereocenters. The van der Waals surface area contributed by atoms with Crippen LogP contribution in [0.1, 0.15) is 12.8 Å². The zero-order valence-corrected chi connectivity index (χ0v) is 12.0. The molecule has 2 heterocycles. The third kappa shape index (κ3) is 4.57. The minimum absolute atomic E-state index is 0.0938. The number of hydrogen-bond acceptors (Lipinski definition) is 5. The quantitative estimate of drug-likeness (QED) is 0.746. The van der Waals surface area contributed by atoms with Gasteiger partial charge in [0.15, 0.2) is 0 Å². The van der Waals surface area contributed by atoms with Gasteiger partial charge in [0, 0.05) is 32.9 Å². The second-order valence-corrected chi connectivity index (χ2v) is 5.09. The van der Waals surface area contributed by atoms with Crippen LogP contribution in [0.3, 0.4) is 0 Å². The molecular weight excluding hydrogens is 258 g/mol. The number of hydrogen-bond donors (Lipinski definition) is 1. The molecule has 1 atom stereocenters. The third-order valence-electron chi connectivity index (χ3n) is 3.60. The SMILES string of the molecule is COCCN1CCCC(C(=O)NCCn2ccnn2)C1. The van der Waals surface area contributed by atoms with Crippen LogP contribution in [0.5, 0.6) is 0 Å². The van der Waals surface area contributed by atoms with Crippen molar-refractivity contribution in [3.8, 4) is 0 Å². The van der Waals surface area contributed by atoms with Crippen LogP contribution in [0.4, 0.5) is 0 Å². The van der Waals surface area contributed by atoms with Crippen LogP contribution in [-0.4, -0.2) is 65.7 Å². The van der Waals surface area contributed by atoms with Crippen molar-refractivity contribution in [2.75, 3.05) is 39.9 Å². The zero-order valence-electron chi connectivity index (χ0n) is 12.0. The Kier molecular flexibility index (Phi) is 5.94. The smallest absolute Gasteiger partial charge is 0.224 e. The van der Waals surface area contributed by atoms with E-state index in [2.05, 4.69) is 20.5 Å². The lowest BCUT2D eigenvalue weighted by molar-refractivity contribution is -0.126. The number of ether oxygens (including phenoxy) is 1. The fourth-order valence-electron chi connectivity index (χ4n) is 2.48. The Morgan fingerprint density at radius 3 is 3.15 bits per heavy atom. The number of nitrogens with one attached hydrogen (secondary N) is 1. The van der Waals surface area contributed by atoms with Crippen molar-refractivity contribution in [2.24, 2.45) is 5.92 Å². The Bertz CT molecular complexity index is 395. The minimum Gasteiger partial charge on any atom is -0.383 e. The predicted octanol–water partition coefficient (Wildman–Crippen LogP) is -0.247. The monoisotopic (exact) mass is 281 g/mol. The average Bonchev–Trinajstić information content (AvgIpc) is 2.98. The normalized spacial score (nSPS) is 19.9. The van der Waals surface area contributed by atoms with E-state index in [4.69, 9.17) is 4.74 Å². The van der Waals surface area contributed by atoms with Gasteiger partial charge in [-0.05, 0) is 19.4 Å². The van der Waals surface area contributed by atoms with Crippen LogP contribution in [-0.2, 0) is 16.1 Å². The van der Waals surface area contributed by atoms with Crippen LogP contribution in [0.25, 0.3) is 0 Å². The van der Waals surface area contributed by atoms with Crippen molar-refractivity contribution >= 4 is 5.91 Å². The maximum atomic E-state index is 12.1. The number of piperidine rings is 1. The van der Waals surface area contributed by atoms with Gasteiger partial charge in [-0.3, -0.25) is 9.48 Å². The number of nitrogens with zero attached hydrogens (tertiary/aromatic N) is 4. The molecule has 1 amide bonds. The highest BCUT2D eigenvalue weighted by atomic mass is 16.5. The fourth-order valence-corrected chi connectivity index (χ4v) is 2.48. The molecular formula is C13H23N5O2. The van der Waals surface area contributed by atoms with Crippen molar-refractivity contribution < 1.29 is 9.53 Å². The lowest BCUT2D eigenvalue weighted by Crippen LogP contribution is -2.44. The second-order valence-electron chi connectivity index (χ2n) is 5.09. The van der Waals surface area contributed by atoms with E-state index in [1.807, 2.05) is 0 Å². The molecule has 1 aliphatic heterocycles. The van der Waals surface area contributed by atoms with Crippen molar-refractivity contribution in [3.63, 3.8) is 0 Å². The summed E-state index contributed by atoms with van der Waals surface area (Å²) in [5.74, 6) is 0.239. The zero-order chi connectivity index (χ0) is 14.2. The molecule has 0 spiro atoms. The first-order valence-electron chi connectivity index (χ1n) is 7.12. The Balaban J connectivity index is 1.68. The van der Waals surface area contributed by atoms with Crippen LogP contribution in [0, 0.1) is 5.92 Å². The van der Waals surface area contributed by atoms with Crippen LogP contribution in [0.2, 0.25) is 0 Å². The largest absolute Gasteiger partial charge is 0.383 e. The summed E-state index contributed by atoms with van der Waals surface area (Å²) in [6.45, 7) is 4.77. The number of amides is 1. The molecule has 1 aliphatic rings. The third-order valence-corrected chi connectivity index (χ3v) is 3.60. The molecule has 2 rings (SSSR count). The van der Waals surface area contributed by atoms with Gasteiger partial charge >= 0.3 is 0 Å². The standard InChI is InChI=1S/C13H23N5O2/c1-20-10-9-17-6-2-3-12(11-17)13(19)14-4-7-18-8-5-15-16-18/h5,8,12H,2-4,6-7,9-11H2,1H3,(H,14,19). The van der Waals surface area contributed by atoms with Gasteiger partial charge in [-0.25, -0.2) is 0 Å². The van der Waals surface area contributed by atoms with Gasteiger partial charge in [0.1, 0.15) is 0 Å². The van der Waals surface area contributed by atoms with Crippen LogP contribution in [0.15, 0.2) is 12.4 Å². The molecule has 0 radical (unpaired) electrons. The van der Waals surface area contributed by atoms with E-state index in [9.17, 15) is 4.79 Å². The summed E-state index contributed by atoms with van der Waals surface area (Å²) < 4.78 is 6.80. The van der Waals surface area contributed by atoms with E-state index in [1.54, 1.807) is 24.2 Å². The van der Waals surface area contributed by atoms with Gasteiger partial charge in [-0.2, -0.15) is 0 Å². The Hall–Kier alpha value is -1.47. The number of carbonyl (C=O) groups excluding carboxylic acids is 1. The predicted molar refractivity (Wildman–Crippen MR) is 74.1 cm³/mol. The molecule has 0 bridgehead atoms. The molecule has 20 heavy (non-hydrogen) atoms. The van der Waals surface area contributed by atoms with Gasteiger partial charge in [-0.1, -0.05) is 5.21 Å². The maximum absolute atomic E-state index is 12.1. The van der Waals surface area contributed by atoms with Crippen LogP contribution >= 0.6 is 0 Å². The number of carbonyl (C=O) groups is 1. The average molecular weight is 281 g/mol. The first kappa shape index (κ1) is 14.9. The molecule has 1 fully saturated rings. The first-order valence-corrected chi connectivity index (χ1v) is 7.12. The summed E-state index contributed by atoms with van der Waals surface area (Å²) in [5.41, 5.74) is 0. The maximum Gasteiger partial charge on any atom is 0.224 e. The van der Waals surface area contributed by atoms with E-state index < -0.39 is 0 Å². The summed E-state index contributed by atoms with van der Waals surface area (Å²) in [6.07, 6.45) is 5.47. The molecule has 0 aromatic carbocycles. The highest BCUT2D eigenvalue weighted by Gasteiger charge is 2.25.